The minimum atomic E-state index is 0.430. The van der Waals surface area contributed by atoms with Crippen molar-refractivity contribution >= 4 is 17.1 Å². The van der Waals surface area contributed by atoms with Gasteiger partial charge in [-0.05, 0) is 43.2 Å². The van der Waals surface area contributed by atoms with Gasteiger partial charge in [-0.3, -0.25) is 4.79 Å². The summed E-state index contributed by atoms with van der Waals surface area (Å²) in [6.45, 7) is 2.11. The minimum Gasteiger partial charge on any atom is -0.299 e. The third-order valence-corrected chi connectivity index (χ3v) is 3.39. The van der Waals surface area contributed by atoms with E-state index in [2.05, 4.69) is 18.4 Å². The molecule has 13 heavy (non-hydrogen) atoms. The third-order valence-electron chi connectivity index (χ3n) is 2.48. The summed E-state index contributed by atoms with van der Waals surface area (Å²) in [6, 6.07) is 2.19. The van der Waals surface area contributed by atoms with Gasteiger partial charge in [0, 0.05) is 17.2 Å². The van der Waals surface area contributed by atoms with Gasteiger partial charge in [-0.2, -0.15) is 0 Å². The van der Waals surface area contributed by atoms with Crippen LogP contribution in [0.2, 0.25) is 0 Å². The number of rotatable bonds is 4. The van der Waals surface area contributed by atoms with E-state index in [9.17, 15) is 4.79 Å². The number of aryl methyl sites for hydroxylation is 2. The molecule has 1 aromatic heterocycles. The largest absolute Gasteiger partial charge is 0.299 e. The van der Waals surface area contributed by atoms with Crippen LogP contribution in [0.1, 0.15) is 29.7 Å². The molecule has 1 heterocycles. The fraction of sp³-hybridized carbons (Fsp3) is 0.545. The maximum Gasteiger partial charge on any atom is 0.136 e. The maximum absolute atomic E-state index is 11.4. The van der Waals surface area contributed by atoms with Crippen molar-refractivity contribution < 1.29 is 4.79 Å². The van der Waals surface area contributed by atoms with Crippen LogP contribution in [0.25, 0.3) is 0 Å². The second kappa shape index (κ2) is 3.62. The molecular formula is C11H14OS. The Morgan fingerprint density at radius 2 is 2.38 bits per heavy atom. The Bertz CT molecular complexity index is 310. The predicted molar refractivity (Wildman–Crippen MR) is 55.1 cm³/mol. The van der Waals surface area contributed by atoms with Crippen LogP contribution in [0, 0.1) is 12.8 Å². The molecule has 70 valence electrons. The smallest absolute Gasteiger partial charge is 0.136 e. The fourth-order valence-corrected chi connectivity index (χ4v) is 2.25. The van der Waals surface area contributed by atoms with E-state index in [0.717, 1.165) is 25.7 Å². The molecule has 0 bridgehead atoms. The van der Waals surface area contributed by atoms with Gasteiger partial charge in [-0.1, -0.05) is 0 Å². The molecular weight excluding hydrogens is 180 g/mol. The molecule has 1 fully saturated rings. The van der Waals surface area contributed by atoms with Crippen molar-refractivity contribution in [2.75, 3.05) is 0 Å². The van der Waals surface area contributed by atoms with Crippen LogP contribution in [-0.2, 0) is 11.2 Å². The molecule has 1 aliphatic rings. The minimum absolute atomic E-state index is 0.430. The highest BCUT2D eigenvalue weighted by atomic mass is 32.1. The number of carbonyl (C=O) groups is 1. The zero-order valence-corrected chi connectivity index (χ0v) is 8.69. The van der Waals surface area contributed by atoms with Gasteiger partial charge in [0.25, 0.3) is 0 Å². The van der Waals surface area contributed by atoms with Gasteiger partial charge in [-0.15, -0.1) is 11.3 Å². The summed E-state index contributed by atoms with van der Waals surface area (Å²) >= 11 is 1.77. The highest BCUT2D eigenvalue weighted by Crippen LogP contribution is 2.31. The van der Waals surface area contributed by atoms with E-state index in [1.165, 1.54) is 10.4 Å². The lowest BCUT2D eigenvalue weighted by Gasteiger charge is -1.95. The average molecular weight is 194 g/mol. The monoisotopic (exact) mass is 194 g/mol. The second-order valence-corrected chi connectivity index (χ2v) is 4.92. The average Bonchev–Trinajstić information content (AvgIpc) is 2.87. The molecule has 1 aromatic rings. The Morgan fingerprint density at radius 1 is 1.62 bits per heavy atom. The van der Waals surface area contributed by atoms with E-state index in [0.29, 0.717) is 11.7 Å². The van der Waals surface area contributed by atoms with Crippen molar-refractivity contribution in [3.8, 4) is 0 Å². The zero-order valence-electron chi connectivity index (χ0n) is 7.88. The molecule has 1 nitrogen and oxygen atoms in total. The van der Waals surface area contributed by atoms with E-state index >= 15 is 0 Å². The lowest BCUT2D eigenvalue weighted by atomic mass is 10.1. The Kier molecular flexibility index (Phi) is 2.49. The van der Waals surface area contributed by atoms with Crippen LogP contribution in [0.4, 0.5) is 0 Å². The zero-order chi connectivity index (χ0) is 9.26. The van der Waals surface area contributed by atoms with Crippen LogP contribution in [-0.4, -0.2) is 5.78 Å². The standard InChI is InChI=1S/C11H14OS/c1-8-6-9(7-13-8)2-5-11(12)10-3-4-10/h6-7,10H,2-5H2,1H3. The fourth-order valence-electron chi connectivity index (χ4n) is 1.51. The van der Waals surface area contributed by atoms with E-state index in [4.69, 9.17) is 0 Å². The van der Waals surface area contributed by atoms with Crippen molar-refractivity contribution in [3.63, 3.8) is 0 Å². The summed E-state index contributed by atoms with van der Waals surface area (Å²) in [5.74, 6) is 0.906. The molecule has 2 heteroatoms. The SMILES string of the molecule is Cc1cc(CCC(=O)C2CC2)cs1. The molecule has 0 N–H and O–H groups in total. The highest BCUT2D eigenvalue weighted by Gasteiger charge is 2.28. The van der Waals surface area contributed by atoms with Gasteiger partial charge in [0.2, 0.25) is 0 Å². The number of ketones is 1. The molecule has 0 amide bonds. The Morgan fingerprint density at radius 3 is 2.92 bits per heavy atom. The molecule has 2 rings (SSSR count). The van der Waals surface area contributed by atoms with Gasteiger partial charge in [-0.25, -0.2) is 0 Å². The van der Waals surface area contributed by atoms with Crippen molar-refractivity contribution in [1.29, 1.82) is 0 Å². The molecule has 0 atom stereocenters. The van der Waals surface area contributed by atoms with Crippen molar-refractivity contribution in [2.45, 2.75) is 32.6 Å². The summed E-state index contributed by atoms with van der Waals surface area (Å²) in [5.41, 5.74) is 1.33. The first-order valence-corrected chi connectivity index (χ1v) is 5.70. The summed E-state index contributed by atoms with van der Waals surface area (Å²) in [6.07, 6.45) is 3.98. The Labute approximate surface area is 82.8 Å². The molecule has 0 saturated heterocycles. The summed E-state index contributed by atoms with van der Waals surface area (Å²) in [4.78, 5) is 12.7. The first-order valence-electron chi connectivity index (χ1n) is 4.82. The Balaban J connectivity index is 1.81. The van der Waals surface area contributed by atoms with E-state index < -0.39 is 0 Å². The van der Waals surface area contributed by atoms with Crippen LogP contribution < -0.4 is 0 Å². The quantitative estimate of drug-likeness (QED) is 0.720. The van der Waals surface area contributed by atoms with Gasteiger partial charge < -0.3 is 0 Å². The first kappa shape index (κ1) is 8.95. The van der Waals surface area contributed by atoms with Gasteiger partial charge in [0.15, 0.2) is 0 Å². The van der Waals surface area contributed by atoms with Gasteiger partial charge >= 0.3 is 0 Å². The van der Waals surface area contributed by atoms with Crippen LogP contribution >= 0.6 is 11.3 Å². The lowest BCUT2D eigenvalue weighted by Crippen LogP contribution is -2.01. The van der Waals surface area contributed by atoms with Crippen molar-refractivity contribution in [1.82, 2.24) is 0 Å². The third kappa shape index (κ3) is 2.41. The molecule has 0 unspecified atom stereocenters. The summed E-state index contributed by atoms with van der Waals surface area (Å²) in [5, 5.41) is 2.16. The maximum atomic E-state index is 11.4. The van der Waals surface area contributed by atoms with Crippen LogP contribution in [0.3, 0.4) is 0 Å². The number of hydrogen-bond acceptors (Lipinski definition) is 2. The summed E-state index contributed by atoms with van der Waals surface area (Å²) in [7, 11) is 0. The highest BCUT2D eigenvalue weighted by molar-refractivity contribution is 7.10. The van der Waals surface area contributed by atoms with Crippen LogP contribution in [0.15, 0.2) is 11.4 Å². The molecule has 1 aliphatic carbocycles. The van der Waals surface area contributed by atoms with E-state index in [-0.39, 0.29) is 0 Å². The van der Waals surface area contributed by atoms with Gasteiger partial charge in [0.1, 0.15) is 5.78 Å². The number of Topliss-reactive ketones (excluding diaryl/α,β-unsaturated/α-hetero) is 1. The predicted octanol–water partition coefficient (Wildman–Crippen LogP) is 2.97. The number of hydrogen-bond donors (Lipinski definition) is 0. The van der Waals surface area contributed by atoms with Crippen LogP contribution in [0.5, 0.6) is 0 Å². The number of carbonyl (C=O) groups excluding carboxylic acids is 1. The molecule has 0 radical (unpaired) electrons. The van der Waals surface area contributed by atoms with Gasteiger partial charge in [0.05, 0.1) is 0 Å². The molecule has 1 saturated carbocycles. The lowest BCUT2D eigenvalue weighted by molar-refractivity contribution is -0.120. The number of thiophene rings is 1. The molecule has 0 aliphatic heterocycles. The van der Waals surface area contributed by atoms with Crippen molar-refractivity contribution in [2.24, 2.45) is 5.92 Å². The normalized spacial score (nSPS) is 16.1. The summed E-state index contributed by atoms with van der Waals surface area (Å²) < 4.78 is 0. The van der Waals surface area contributed by atoms with E-state index in [1.54, 1.807) is 11.3 Å². The van der Waals surface area contributed by atoms with Crippen molar-refractivity contribution in [3.05, 3.63) is 21.9 Å². The Hall–Kier alpha value is -0.630. The molecule has 0 spiro atoms. The van der Waals surface area contributed by atoms with E-state index in [1.807, 2.05) is 0 Å². The topological polar surface area (TPSA) is 17.1 Å². The molecule has 0 aromatic carbocycles. The second-order valence-electron chi connectivity index (χ2n) is 3.81. The first-order chi connectivity index (χ1) is 6.25.